The molecule has 2 N–H and O–H groups in total. The van der Waals surface area contributed by atoms with E-state index in [4.69, 9.17) is 14.2 Å². The molecular formula is C15H20N2O4. The van der Waals surface area contributed by atoms with Gasteiger partial charge < -0.3 is 24.8 Å². The van der Waals surface area contributed by atoms with Crippen molar-refractivity contribution in [1.82, 2.24) is 5.32 Å². The predicted octanol–water partition coefficient (Wildman–Crippen LogP) is 2.52. The zero-order chi connectivity index (χ0) is 15.1. The van der Waals surface area contributed by atoms with Crippen LogP contribution in [0, 0.1) is 0 Å². The summed E-state index contributed by atoms with van der Waals surface area (Å²) in [6, 6.07) is 4.90. The van der Waals surface area contributed by atoms with E-state index < -0.39 is 0 Å². The topological polar surface area (TPSA) is 68.8 Å². The van der Waals surface area contributed by atoms with Crippen molar-refractivity contribution in [3.8, 4) is 11.5 Å². The number of rotatable bonds is 4. The fraction of sp³-hybridized carbons (Fsp3) is 0.400. The number of ether oxygens (including phenoxy) is 3. The number of nitrogens with one attached hydrogen (secondary N) is 2. The third-order valence-electron chi connectivity index (χ3n) is 3.20. The quantitative estimate of drug-likeness (QED) is 0.894. The predicted molar refractivity (Wildman–Crippen MR) is 79.8 cm³/mol. The molecule has 2 rings (SSSR count). The van der Waals surface area contributed by atoms with Crippen molar-refractivity contribution in [2.24, 2.45) is 0 Å². The van der Waals surface area contributed by atoms with Gasteiger partial charge in [-0.3, -0.25) is 0 Å². The molecular weight excluding hydrogens is 272 g/mol. The van der Waals surface area contributed by atoms with Crippen LogP contribution in [0.5, 0.6) is 11.5 Å². The maximum Gasteiger partial charge on any atom is 0.323 e. The molecule has 0 spiro atoms. The van der Waals surface area contributed by atoms with Gasteiger partial charge >= 0.3 is 6.03 Å². The number of anilines is 1. The summed E-state index contributed by atoms with van der Waals surface area (Å²) in [5.74, 6) is 1.21. The van der Waals surface area contributed by atoms with Crippen LogP contribution in [-0.4, -0.2) is 33.5 Å². The second-order valence-electron chi connectivity index (χ2n) is 4.58. The summed E-state index contributed by atoms with van der Waals surface area (Å²) in [7, 11) is 3.12. The highest BCUT2D eigenvalue weighted by Crippen LogP contribution is 2.28. The SMILES string of the molecule is COc1ccc(NC(=O)NC=C2CCOCC2)c(OC)c1. The summed E-state index contributed by atoms with van der Waals surface area (Å²) in [4.78, 5) is 11.9. The Bertz CT molecular complexity index is 520. The maximum absolute atomic E-state index is 11.9. The van der Waals surface area contributed by atoms with E-state index in [2.05, 4.69) is 10.6 Å². The van der Waals surface area contributed by atoms with Gasteiger partial charge in [0.25, 0.3) is 0 Å². The Morgan fingerprint density at radius 1 is 1.24 bits per heavy atom. The van der Waals surface area contributed by atoms with Gasteiger partial charge in [0.15, 0.2) is 0 Å². The first-order valence-electron chi connectivity index (χ1n) is 6.78. The van der Waals surface area contributed by atoms with Crippen LogP contribution in [-0.2, 0) is 4.74 Å². The molecule has 0 aliphatic carbocycles. The fourth-order valence-electron chi connectivity index (χ4n) is 2.01. The van der Waals surface area contributed by atoms with Crippen molar-refractivity contribution in [3.05, 3.63) is 30.0 Å². The van der Waals surface area contributed by atoms with Crippen LogP contribution in [0.1, 0.15) is 12.8 Å². The molecule has 114 valence electrons. The van der Waals surface area contributed by atoms with Gasteiger partial charge in [0.1, 0.15) is 11.5 Å². The van der Waals surface area contributed by atoms with Crippen molar-refractivity contribution < 1.29 is 19.0 Å². The number of amides is 2. The molecule has 1 aromatic rings. The molecule has 1 saturated heterocycles. The van der Waals surface area contributed by atoms with Crippen LogP contribution >= 0.6 is 0 Å². The second-order valence-corrected chi connectivity index (χ2v) is 4.58. The highest BCUT2D eigenvalue weighted by molar-refractivity contribution is 5.91. The van der Waals surface area contributed by atoms with E-state index in [0.29, 0.717) is 30.4 Å². The highest BCUT2D eigenvalue weighted by atomic mass is 16.5. The van der Waals surface area contributed by atoms with E-state index in [1.54, 1.807) is 38.6 Å². The van der Waals surface area contributed by atoms with Gasteiger partial charge in [-0.25, -0.2) is 4.79 Å². The molecule has 6 nitrogen and oxygen atoms in total. The number of methoxy groups -OCH3 is 2. The summed E-state index contributed by atoms with van der Waals surface area (Å²) in [5, 5.41) is 5.47. The molecule has 6 heteroatoms. The van der Waals surface area contributed by atoms with Crippen LogP contribution in [0.25, 0.3) is 0 Å². The average molecular weight is 292 g/mol. The Morgan fingerprint density at radius 2 is 2.00 bits per heavy atom. The molecule has 0 atom stereocenters. The lowest BCUT2D eigenvalue weighted by molar-refractivity contribution is 0.119. The van der Waals surface area contributed by atoms with E-state index in [-0.39, 0.29) is 6.03 Å². The smallest absolute Gasteiger partial charge is 0.323 e. The molecule has 2 amide bonds. The average Bonchev–Trinajstić information content (AvgIpc) is 2.54. The normalized spacial score (nSPS) is 14.3. The highest BCUT2D eigenvalue weighted by Gasteiger charge is 2.09. The second kappa shape index (κ2) is 7.54. The monoisotopic (exact) mass is 292 g/mol. The Labute approximate surface area is 124 Å². The standard InChI is InChI=1S/C15H20N2O4/c1-19-12-3-4-13(14(9-12)20-2)17-15(18)16-10-11-5-7-21-8-6-11/h3-4,9-10H,5-8H2,1-2H3,(H2,16,17,18). The van der Waals surface area contributed by atoms with Crippen molar-refractivity contribution in [2.45, 2.75) is 12.8 Å². The molecule has 0 unspecified atom stereocenters. The molecule has 0 saturated carbocycles. The van der Waals surface area contributed by atoms with Crippen molar-refractivity contribution in [1.29, 1.82) is 0 Å². The summed E-state index contributed by atoms with van der Waals surface area (Å²) in [5.41, 5.74) is 1.76. The molecule has 1 heterocycles. The van der Waals surface area contributed by atoms with E-state index in [1.165, 1.54) is 5.57 Å². The first kappa shape index (κ1) is 15.2. The summed E-state index contributed by atoms with van der Waals surface area (Å²) in [6.45, 7) is 1.42. The Balaban J connectivity index is 1.95. The molecule has 0 aromatic heterocycles. The number of benzene rings is 1. The van der Waals surface area contributed by atoms with Gasteiger partial charge in [0.2, 0.25) is 0 Å². The fourth-order valence-corrected chi connectivity index (χ4v) is 2.01. The minimum absolute atomic E-state index is 0.308. The van der Waals surface area contributed by atoms with Crippen molar-refractivity contribution in [3.63, 3.8) is 0 Å². The molecule has 21 heavy (non-hydrogen) atoms. The van der Waals surface area contributed by atoms with Gasteiger partial charge in [0, 0.05) is 12.3 Å². The third kappa shape index (κ3) is 4.39. The van der Waals surface area contributed by atoms with Gasteiger partial charge in [-0.05, 0) is 30.5 Å². The largest absolute Gasteiger partial charge is 0.497 e. The zero-order valence-corrected chi connectivity index (χ0v) is 12.3. The van der Waals surface area contributed by atoms with Gasteiger partial charge in [-0.1, -0.05) is 0 Å². The Morgan fingerprint density at radius 3 is 2.67 bits per heavy atom. The van der Waals surface area contributed by atoms with Gasteiger partial charge in [-0.2, -0.15) is 0 Å². The number of carbonyl (C=O) groups excluding carboxylic acids is 1. The van der Waals surface area contributed by atoms with Gasteiger partial charge in [0.05, 0.1) is 33.1 Å². The minimum Gasteiger partial charge on any atom is -0.497 e. The number of urea groups is 1. The molecule has 1 fully saturated rings. The molecule has 1 aliphatic rings. The lowest BCUT2D eigenvalue weighted by Gasteiger charge is -2.15. The number of hydrogen-bond donors (Lipinski definition) is 2. The van der Waals surface area contributed by atoms with E-state index in [0.717, 1.165) is 12.8 Å². The summed E-state index contributed by atoms with van der Waals surface area (Å²) < 4.78 is 15.6. The minimum atomic E-state index is -0.308. The van der Waals surface area contributed by atoms with Crippen LogP contribution in [0.2, 0.25) is 0 Å². The first-order valence-corrected chi connectivity index (χ1v) is 6.78. The lowest BCUT2D eigenvalue weighted by Crippen LogP contribution is -2.25. The van der Waals surface area contributed by atoms with Crippen LogP contribution < -0.4 is 20.1 Å². The lowest BCUT2D eigenvalue weighted by atomic mass is 10.1. The maximum atomic E-state index is 11.9. The first-order chi connectivity index (χ1) is 10.2. The number of hydrogen-bond acceptors (Lipinski definition) is 4. The Kier molecular flexibility index (Phi) is 5.45. The summed E-state index contributed by atoms with van der Waals surface area (Å²) >= 11 is 0. The molecule has 0 bridgehead atoms. The number of carbonyl (C=O) groups is 1. The molecule has 1 aromatic carbocycles. The van der Waals surface area contributed by atoms with E-state index in [1.807, 2.05) is 0 Å². The van der Waals surface area contributed by atoms with E-state index in [9.17, 15) is 4.79 Å². The van der Waals surface area contributed by atoms with Crippen molar-refractivity contribution in [2.75, 3.05) is 32.8 Å². The Hall–Kier alpha value is -2.21. The van der Waals surface area contributed by atoms with Gasteiger partial charge in [-0.15, -0.1) is 0 Å². The summed E-state index contributed by atoms with van der Waals surface area (Å²) in [6.07, 6.45) is 3.45. The molecule has 0 radical (unpaired) electrons. The third-order valence-corrected chi connectivity index (χ3v) is 3.20. The zero-order valence-electron chi connectivity index (χ0n) is 12.3. The van der Waals surface area contributed by atoms with Crippen molar-refractivity contribution >= 4 is 11.7 Å². The molecule has 1 aliphatic heterocycles. The van der Waals surface area contributed by atoms with E-state index >= 15 is 0 Å². The van der Waals surface area contributed by atoms with Crippen LogP contribution in [0.3, 0.4) is 0 Å². The van der Waals surface area contributed by atoms with Crippen LogP contribution in [0.4, 0.5) is 10.5 Å². The van der Waals surface area contributed by atoms with Crippen LogP contribution in [0.15, 0.2) is 30.0 Å².